The number of hydrogen-bond acceptors (Lipinski definition) is 4. The summed E-state index contributed by atoms with van der Waals surface area (Å²) in [5.74, 6) is 0.897. The second kappa shape index (κ2) is 6.98. The predicted octanol–water partition coefficient (Wildman–Crippen LogP) is 1.58. The van der Waals surface area contributed by atoms with Crippen molar-refractivity contribution >= 4 is 11.8 Å². The topological polar surface area (TPSA) is 71.5 Å². The molecule has 0 bridgehead atoms. The van der Waals surface area contributed by atoms with Crippen molar-refractivity contribution in [3.63, 3.8) is 0 Å². The number of hydrogen-bond donors (Lipinski definition) is 1. The third-order valence-electron chi connectivity index (χ3n) is 4.32. The lowest BCUT2D eigenvalue weighted by Gasteiger charge is -2.30. The largest absolute Gasteiger partial charge is 0.496 e. The summed E-state index contributed by atoms with van der Waals surface area (Å²) in [4.78, 5) is 30.3. The fourth-order valence-electron chi connectivity index (χ4n) is 3.08. The van der Waals surface area contributed by atoms with Crippen LogP contribution in [0.5, 0.6) is 5.75 Å². The third kappa shape index (κ3) is 3.81. The summed E-state index contributed by atoms with van der Waals surface area (Å²) in [5.41, 5.74) is 2.71. The first-order valence-corrected chi connectivity index (χ1v) is 7.86. The van der Waals surface area contributed by atoms with E-state index in [0.717, 1.165) is 22.6 Å². The minimum atomic E-state index is -0.441. The fourth-order valence-corrected chi connectivity index (χ4v) is 3.08. The highest BCUT2D eigenvalue weighted by Gasteiger charge is 2.31. The number of nitrogens with one attached hydrogen (secondary N) is 1. The number of aromatic nitrogens is 1. The summed E-state index contributed by atoms with van der Waals surface area (Å²) in [6.07, 6.45) is 2.92. The summed E-state index contributed by atoms with van der Waals surface area (Å²) in [6, 6.07) is -0.441. The maximum atomic E-state index is 12.6. The average Bonchev–Trinajstić information content (AvgIpc) is 2.48. The van der Waals surface area contributed by atoms with Crippen LogP contribution >= 0.6 is 0 Å². The summed E-state index contributed by atoms with van der Waals surface area (Å²) in [7, 11) is 3.37. The van der Waals surface area contributed by atoms with Crippen molar-refractivity contribution in [1.29, 1.82) is 0 Å². The van der Waals surface area contributed by atoms with E-state index in [-0.39, 0.29) is 17.7 Å². The molecule has 23 heavy (non-hydrogen) atoms. The van der Waals surface area contributed by atoms with Gasteiger partial charge in [0, 0.05) is 30.8 Å². The molecular weight excluding hydrogens is 294 g/mol. The molecule has 0 spiro atoms. The van der Waals surface area contributed by atoms with Crippen LogP contribution in [0.1, 0.15) is 36.6 Å². The van der Waals surface area contributed by atoms with E-state index in [1.165, 1.54) is 0 Å². The molecule has 1 saturated heterocycles. The lowest BCUT2D eigenvalue weighted by molar-refractivity contribution is -0.138. The Bertz CT molecular complexity index is 615. The van der Waals surface area contributed by atoms with Crippen LogP contribution in [-0.2, 0) is 16.1 Å². The molecule has 2 rings (SSSR count). The number of ether oxygens (including phenoxy) is 1. The van der Waals surface area contributed by atoms with Gasteiger partial charge in [-0.15, -0.1) is 0 Å². The minimum absolute atomic E-state index is 0.0539. The van der Waals surface area contributed by atoms with Crippen LogP contribution in [0.2, 0.25) is 0 Å². The van der Waals surface area contributed by atoms with Gasteiger partial charge in [0.15, 0.2) is 0 Å². The zero-order valence-corrected chi connectivity index (χ0v) is 14.5. The van der Waals surface area contributed by atoms with E-state index in [1.54, 1.807) is 25.3 Å². The smallest absolute Gasteiger partial charge is 0.245 e. The molecule has 1 aromatic heterocycles. The van der Waals surface area contributed by atoms with Gasteiger partial charge in [0.1, 0.15) is 11.8 Å². The molecule has 2 atom stereocenters. The summed E-state index contributed by atoms with van der Waals surface area (Å²) >= 11 is 0. The van der Waals surface area contributed by atoms with Crippen molar-refractivity contribution in [2.45, 2.75) is 46.2 Å². The molecule has 1 aliphatic rings. The number of nitrogens with zero attached hydrogens (tertiary/aromatic N) is 2. The zero-order valence-electron chi connectivity index (χ0n) is 14.5. The van der Waals surface area contributed by atoms with Crippen LogP contribution in [-0.4, -0.2) is 41.9 Å². The van der Waals surface area contributed by atoms with Crippen molar-refractivity contribution in [3.8, 4) is 5.75 Å². The molecular formula is C17H25N3O3. The van der Waals surface area contributed by atoms with Crippen LogP contribution in [0.3, 0.4) is 0 Å². The van der Waals surface area contributed by atoms with Gasteiger partial charge in [0.25, 0.3) is 0 Å². The lowest BCUT2D eigenvalue weighted by atomic mass is 9.93. The van der Waals surface area contributed by atoms with Gasteiger partial charge in [-0.2, -0.15) is 0 Å². The molecule has 1 N–H and O–H groups in total. The summed E-state index contributed by atoms with van der Waals surface area (Å²) < 4.78 is 5.40. The number of piperidine rings is 1. The Hall–Kier alpha value is -2.11. The van der Waals surface area contributed by atoms with E-state index >= 15 is 0 Å². The Balaban J connectivity index is 2.11. The molecule has 0 aliphatic carbocycles. The molecule has 2 amide bonds. The maximum absolute atomic E-state index is 12.6. The third-order valence-corrected chi connectivity index (χ3v) is 4.32. The number of carbonyl (C=O) groups is 2. The predicted molar refractivity (Wildman–Crippen MR) is 87.1 cm³/mol. The van der Waals surface area contributed by atoms with E-state index in [2.05, 4.69) is 10.3 Å². The molecule has 1 aromatic rings. The van der Waals surface area contributed by atoms with Gasteiger partial charge in [-0.25, -0.2) is 0 Å². The zero-order chi connectivity index (χ0) is 17.1. The molecule has 0 saturated carbocycles. The molecule has 0 unspecified atom stereocenters. The van der Waals surface area contributed by atoms with E-state index in [1.807, 2.05) is 20.8 Å². The van der Waals surface area contributed by atoms with Crippen molar-refractivity contribution < 1.29 is 14.3 Å². The van der Waals surface area contributed by atoms with E-state index in [0.29, 0.717) is 19.4 Å². The van der Waals surface area contributed by atoms with E-state index in [9.17, 15) is 9.59 Å². The summed E-state index contributed by atoms with van der Waals surface area (Å²) in [6.45, 7) is 6.27. The molecule has 6 nitrogen and oxygen atoms in total. The van der Waals surface area contributed by atoms with Crippen molar-refractivity contribution in [2.24, 2.45) is 5.92 Å². The standard InChI is InChI=1S/C17H25N3O3/c1-10-6-13(19-15(21)7-10)17(22)20(4)9-14-12(3)16(23-5)11(2)8-18-14/h8,10,13H,6-7,9H2,1-5H3,(H,19,21)/t10-,13-/m0/s1. The van der Waals surface area contributed by atoms with Crippen LogP contribution in [0.15, 0.2) is 6.20 Å². The van der Waals surface area contributed by atoms with Crippen molar-refractivity contribution in [2.75, 3.05) is 14.2 Å². The molecule has 126 valence electrons. The first-order valence-electron chi connectivity index (χ1n) is 7.86. The lowest BCUT2D eigenvalue weighted by Crippen LogP contribution is -2.51. The van der Waals surface area contributed by atoms with Crippen LogP contribution in [0, 0.1) is 19.8 Å². The number of methoxy groups -OCH3 is 1. The fraction of sp³-hybridized carbons (Fsp3) is 0.588. The Kier molecular flexibility index (Phi) is 5.23. The van der Waals surface area contributed by atoms with Gasteiger partial charge in [0.2, 0.25) is 11.8 Å². The quantitative estimate of drug-likeness (QED) is 0.914. The molecule has 0 radical (unpaired) electrons. The number of amides is 2. The Morgan fingerprint density at radius 1 is 1.48 bits per heavy atom. The van der Waals surface area contributed by atoms with Crippen molar-refractivity contribution in [3.05, 3.63) is 23.0 Å². The first-order chi connectivity index (χ1) is 10.8. The Morgan fingerprint density at radius 2 is 2.17 bits per heavy atom. The maximum Gasteiger partial charge on any atom is 0.245 e. The normalized spacial score (nSPS) is 20.8. The minimum Gasteiger partial charge on any atom is -0.496 e. The number of rotatable bonds is 4. The number of pyridine rings is 1. The van der Waals surface area contributed by atoms with Gasteiger partial charge >= 0.3 is 0 Å². The van der Waals surface area contributed by atoms with Crippen LogP contribution in [0.4, 0.5) is 0 Å². The van der Waals surface area contributed by atoms with Gasteiger partial charge < -0.3 is 15.0 Å². The average molecular weight is 319 g/mol. The van der Waals surface area contributed by atoms with Gasteiger partial charge in [-0.1, -0.05) is 6.92 Å². The monoisotopic (exact) mass is 319 g/mol. The highest BCUT2D eigenvalue weighted by molar-refractivity contribution is 5.88. The molecule has 0 aromatic carbocycles. The van der Waals surface area contributed by atoms with Gasteiger partial charge in [0.05, 0.1) is 19.3 Å². The number of carbonyl (C=O) groups excluding carboxylic acids is 2. The number of aryl methyl sites for hydroxylation is 1. The Labute approximate surface area is 137 Å². The van der Waals surface area contributed by atoms with Crippen LogP contribution < -0.4 is 10.1 Å². The molecule has 2 heterocycles. The second-order valence-electron chi connectivity index (χ2n) is 6.41. The Morgan fingerprint density at radius 3 is 2.78 bits per heavy atom. The molecule has 6 heteroatoms. The van der Waals surface area contributed by atoms with E-state index < -0.39 is 6.04 Å². The van der Waals surface area contributed by atoms with Gasteiger partial charge in [-0.05, 0) is 26.2 Å². The SMILES string of the molecule is COc1c(C)cnc(CN(C)C(=O)[C@@H]2C[C@H](C)CC(=O)N2)c1C. The number of likely N-dealkylation sites (N-methyl/N-ethyl adjacent to an activating group) is 1. The first kappa shape index (κ1) is 17.2. The van der Waals surface area contributed by atoms with Gasteiger partial charge in [-0.3, -0.25) is 14.6 Å². The van der Waals surface area contributed by atoms with Crippen LogP contribution in [0.25, 0.3) is 0 Å². The molecule has 1 aliphatic heterocycles. The second-order valence-corrected chi connectivity index (χ2v) is 6.41. The summed E-state index contributed by atoms with van der Waals surface area (Å²) in [5, 5.41) is 2.78. The van der Waals surface area contributed by atoms with E-state index in [4.69, 9.17) is 4.74 Å². The molecule has 1 fully saturated rings. The highest BCUT2D eigenvalue weighted by atomic mass is 16.5. The highest BCUT2D eigenvalue weighted by Crippen LogP contribution is 2.25. The van der Waals surface area contributed by atoms with Crippen molar-refractivity contribution in [1.82, 2.24) is 15.2 Å².